The van der Waals surface area contributed by atoms with E-state index in [1.165, 1.54) is 16.2 Å². The lowest BCUT2D eigenvalue weighted by Gasteiger charge is -2.44. The van der Waals surface area contributed by atoms with Crippen LogP contribution in [0.1, 0.15) is 21.5 Å². The van der Waals surface area contributed by atoms with E-state index in [0.717, 1.165) is 4.88 Å². The van der Waals surface area contributed by atoms with E-state index in [1.807, 2.05) is 13.0 Å². The highest BCUT2D eigenvalue weighted by Crippen LogP contribution is 2.19. The Morgan fingerprint density at radius 2 is 2.17 bits per heavy atom. The number of aryl methyl sites for hydroxylation is 1. The van der Waals surface area contributed by atoms with Crippen molar-refractivity contribution in [3.8, 4) is 0 Å². The van der Waals surface area contributed by atoms with E-state index in [-0.39, 0.29) is 18.4 Å². The molecule has 1 aromatic heterocycles. The molecule has 0 atom stereocenters. The maximum atomic E-state index is 11.7. The van der Waals surface area contributed by atoms with Crippen molar-refractivity contribution < 1.29 is 14.7 Å². The summed E-state index contributed by atoms with van der Waals surface area (Å²) >= 11 is 1.40. The highest BCUT2D eigenvalue weighted by molar-refractivity contribution is 7.13. The Hall–Kier alpha value is -1.40. The van der Waals surface area contributed by atoms with Gasteiger partial charge in [-0.1, -0.05) is 0 Å². The number of nitrogens with one attached hydrogen (secondary N) is 1. The molecule has 1 aliphatic heterocycles. The van der Waals surface area contributed by atoms with Gasteiger partial charge in [0, 0.05) is 4.88 Å². The van der Waals surface area contributed by atoms with Crippen LogP contribution in [0.4, 0.5) is 0 Å². The van der Waals surface area contributed by atoms with Gasteiger partial charge in [0.1, 0.15) is 0 Å². The van der Waals surface area contributed by atoms with Crippen molar-refractivity contribution in [3.05, 3.63) is 21.9 Å². The summed E-state index contributed by atoms with van der Waals surface area (Å²) in [7, 11) is 0. The zero-order chi connectivity index (χ0) is 13.3. The van der Waals surface area contributed by atoms with Gasteiger partial charge in [-0.05, 0) is 26.0 Å². The predicted molar refractivity (Wildman–Crippen MR) is 68.6 cm³/mol. The van der Waals surface area contributed by atoms with Gasteiger partial charge in [-0.25, -0.2) is 0 Å². The molecule has 18 heavy (non-hydrogen) atoms. The lowest BCUT2D eigenvalue weighted by Crippen LogP contribution is -2.63. The van der Waals surface area contributed by atoms with E-state index in [1.54, 1.807) is 13.0 Å². The summed E-state index contributed by atoms with van der Waals surface area (Å²) in [5.74, 6) is -0.392. The molecule has 1 aliphatic rings. The number of carbonyl (C=O) groups excluding carboxylic acids is 2. The molecule has 0 bridgehead atoms. The summed E-state index contributed by atoms with van der Waals surface area (Å²) in [5.41, 5.74) is -0.773. The van der Waals surface area contributed by atoms with E-state index in [2.05, 4.69) is 5.32 Å². The van der Waals surface area contributed by atoms with Crippen LogP contribution in [0.5, 0.6) is 0 Å². The molecule has 2 N–H and O–H groups in total. The molecule has 2 rings (SSSR count). The summed E-state index contributed by atoms with van der Waals surface area (Å²) in [6.45, 7) is 4.25. The molecule has 6 heteroatoms. The van der Waals surface area contributed by atoms with Crippen molar-refractivity contribution in [3.63, 3.8) is 0 Å². The van der Waals surface area contributed by atoms with Crippen LogP contribution in [0.25, 0.3) is 0 Å². The molecule has 5 nitrogen and oxygen atoms in total. The Kier molecular flexibility index (Phi) is 3.41. The van der Waals surface area contributed by atoms with E-state index < -0.39 is 5.60 Å². The fourth-order valence-corrected chi connectivity index (χ4v) is 2.65. The lowest BCUT2D eigenvalue weighted by molar-refractivity contribution is -0.151. The number of amides is 2. The quantitative estimate of drug-likeness (QED) is 0.832. The van der Waals surface area contributed by atoms with Gasteiger partial charge in [-0.15, -0.1) is 11.3 Å². The molecule has 2 amide bonds. The van der Waals surface area contributed by atoms with Crippen molar-refractivity contribution in [1.82, 2.24) is 10.2 Å². The molecule has 1 aromatic rings. The minimum atomic E-state index is -0.773. The van der Waals surface area contributed by atoms with Crippen molar-refractivity contribution in [2.45, 2.75) is 19.4 Å². The molecule has 0 radical (unpaired) electrons. The van der Waals surface area contributed by atoms with E-state index in [9.17, 15) is 14.7 Å². The maximum Gasteiger partial charge on any atom is 0.261 e. The smallest absolute Gasteiger partial charge is 0.261 e. The number of aliphatic hydroxyl groups is 1. The SMILES string of the molecule is Cc1ccc(C(=O)NCC(=O)N2CC(C)(O)C2)s1. The molecule has 2 heterocycles. The number of hydrogen-bond donors (Lipinski definition) is 2. The van der Waals surface area contributed by atoms with Crippen LogP contribution in [0.2, 0.25) is 0 Å². The highest BCUT2D eigenvalue weighted by atomic mass is 32.1. The van der Waals surface area contributed by atoms with Crippen LogP contribution in [-0.4, -0.2) is 47.1 Å². The number of β-amino-alcohol motifs (C(OH)–C–C–N with tert-alkyl or cyclic N) is 1. The minimum absolute atomic E-state index is 0.0220. The predicted octanol–water partition coefficient (Wildman–Crippen LogP) is 0.380. The van der Waals surface area contributed by atoms with Crippen molar-refractivity contribution in [1.29, 1.82) is 0 Å². The molecule has 98 valence electrons. The second-order valence-electron chi connectivity index (χ2n) is 4.84. The first-order valence-electron chi connectivity index (χ1n) is 5.72. The zero-order valence-corrected chi connectivity index (χ0v) is 11.2. The van der Waals surface area contributed by atoms with Crippen LogP contribution in [0.15, 0.2) is 12.1 Å². The van der Waals surface area contributed by atoms with Crippen molar-refractivity contribution >= 4 is 23.2 Å². The summed E-state index contributed by atoms with van der Waals surface area (Å²) in [6, 6.07) is 3.61. The Morgan fingerprint density at radius 3 is 2.67 bits per heavy atom. The third-order valence-corrected chi connectivity index (χ3v) is 3.78. The van der Waals surface area contributed by atoms with Gasteiger partial charge in [0.2, 0.25) is 5.91 Å². The summed E-state index contributed by atoms with van der Waals surface area (Å²) in [4.78, 5) is 26.6. The molecule has 0 unspecified atom stereocenters. The molecule has 1 saturated heterocycles. The number of thiophene rings is 1. The Balaban J connectivity index is 1.78. The number of rotatable bonds is 3. The topological polar surface area (TPSA) is 69.6 Å². The Labute approximate surface area is 109 Å². The molecule has 1 fully saturated rings. The third kappa shape index (κ3) is 2.88. The second-order valence-corrected chi connectivity index (χ2v) is 6.13. The van der Waals surface area contributed by atoms with Gasteiger partial charge in [0.25, 0.3) is 5.91 Å². The van der Waals surface area contributed by atoms with Gasteiger partial charge in [0.15, 0.2) is 0 Å². The first-order chi connectivity index (χ1) is 8.37. The third-order valence-electron chi connectivity index (χ3n) is 2.78. The van der Waals surface area contributed by atoms with Crippen LogP contribution < -0.4 is 5.32 Å². The Bertz CT molecular complexity index is 473. The monoisotopic (exact) mass is 268 g/mol. The van der Waals surface area contributed by atoms with Crippen molar-refractivity contribution in [2.75, 3.05) is 19.6 Å². The maximum absolute atomic E-state index is 11.7. The van der Waals surface area contributed by atoms with Crippen LogP contribution in [-0.2, 0) is 4.79 Å². The minimum Gasteiger partial charge on any atom is -0.386 e. The normalized spacial score (nSPS) is 17.2. The summed E-state index contributed by atoms with van der Waals surface area (Å²) in [5, 5.41) is 12.1. The van der Waals surface area contributed by atoms with Crippen LogP contribution >= 0.6 is 11.3 Å². The number of hydrogen-bond acceptors (Lipinski definition) is 4. The highest BCUT2D eigenvalue weighted by Gasteiger charge is 2.39. The second kappa shape index (κ2) is 4.70. The molecule has 0 aromatic carbocycles. The van der Waals surface area contributed by atoms with Gasteiger partial charge < -0.3 is 15.3 Å². The first-order valence-corrected chi connectivity index (χ1v) is 6.54. The van der Waals surface area contributed by atoms with E-state index in [0.29, 0.717) is 18.0 Å². The van der Waals surface area contributed by atoms with Gasteiger partial charge in [-0.3, -0.25) is 9.59 Å². The van der Waals surface area contributed by atoms with Gasteiger partial charge in [-0.2, -0.15) is 0 Å². The van der Waals surface area contributed by atoms with Crippen molar-refractivity contribution in [2.24, 2.45) is 0 Å². The number of nitrogens with zero attached hydrogens (tertiary/aromatic N) is 1. The molecule has 0 spiro atoms. The average Bonchev–Trinajstić information content (AvgIpc) is 2.69. The molecule has 0 aliphatic carbocycles. The van der Waals surface area contributed by atoms with E-state index in [4.69, 9.17) is 0 Å². The van der Waals surface area contributed by atoms with Gasteiger partial charge in [0.05, 0.1) is 30.1 Å². The summed E-state index contributed by atoms with van der Waals surface area (Å²) in [6.07, 6.45) is 0. The largest absolute Gasteiger partial charge is 0.386 e. The fraction of sp³-hybridized carbons (Fsp3) is 0.500. The Morgan fingerprint density at radius 1 is 1.50 bits per heavy atom. The zero-order valence-electron chi connectivity index (χ0n) is 10.4. The first kappa shape index (κ1) is 13.0. The fourth-order valence-electron chi connectivity index (χ4n) is 1.86. The van der Waals surface area contributed by atoms with Gasteiger partial charge >= 0.3 is 0 Å². The lowest BCUT2D eigenvalue weighted by atomic mass is 9.97. The molecular formula is C12H16N2O3S. The number of carbonyl (C=O) groups is 2. The molecular weight excluding hydrogens is 252 g/mol. The number of likely N-dealkylation sites (tertiary alicyclic amines) is 1. The average molecular weight is 268 g/mol. The molecule has 0 saturated carbocycles. The van der Waals surface area contributed by atoms with Crippen LogP contribution in [0.3, 0.4) is 0 Å². The van der Waals surface area contributed by atoms with Crippen LogP contribution in [0, 0.1) is 6.92 Å². The summed E-state index contributed by atoms with van der Waals surface area (Å²) < 4.78 is 0. The standard InChI is InChI=1S/C12H16N2O3S/c1-8-3-4-9(18-8)11(16)13-5-10(15)14-6-12(2,17)7-14/h3-4,17H,5-7H2,1-2H3,(H,13,16). The van der Waals surface area contributed by atoms with E-state index >= 15 is 0 Å².